The number of nitrogens with one attached hydrogen (secondary N) is 1. The largest absolute Gasteiger partial charge is 0.480 e. The molecule has 0 aliphatic carbocycles. The third kappa shape index (κ3) is 3.25. The maximum absolute atomic E-state index is 10.5. The Bertz CT molecular complexity index is 198. The molecule has 1 fully saturated rings. The highest BCUT2D eigenvalue weighted by atomic mass is 16.4. The molecule has 0 amide bonds. The lowest BCUT2D eigenvalue weighted by molar-refractivity contribution is -0.138. The van der Waals surface area contributed by atoms with Gasteiger partial charge in [-0.15, -0.1) is 0 Å². The van der Waals surface area contributed by atoms with Gasteiger partial charge >= 0.3 is 5.97 Å². The van der Waals surface area contributed by atoms with E-state index in [0.29, 0.717) is 12.5 Å². The molecule has 2 atom stereocenters. The summed E-state index contributed by atoms with van der Waals surface area (Å²) in [5, 5.41) is 11.9. The van der Waals surface area contributed by atoms with Crippen LogP contribution in [0.1, 0.15) is 13.3 Å². The van der Waals surface area contributed by atoms with Crippen LogP contribution in [0.15, 0.2) is 0 Å². The van der Waals surface area contributed by atoms with Gasteiger partial charge in [0.15, 0.2) is 0 Å². The first-order chi connectivity index (χ1) is 6.61. The van der Waals surface area contributed by atoms with Crippen LogP contribution in [-0.2, 0) is 4.79 Å². The molecule has 1 aliphatic rings. The first-order valence-corrected chi connectivity index (χ1v) is 5.04. The van der Waals surface area contributed by atoms with Gasteiger partial charge in [-0.25, -0.2) is 0 Å². The third-order valence-corrected chi connectivity index (χ3v) is 2.68. The molecule has 1 rings (SSSR count). The van der Waals surface area contributed by atoms with E-state index in [9.17, 15) is 4.79 Å². The topological polar surface area (TPSA) is 78.6 Å². The number of rotatable bonds is 4. The van der Waals surface area contributed by atoms with Crippen LogP contribution >= 0.6 is 0 Å². The van der Waals surface area contributed by atoms with Crippen LogP contribution in [0.3, 0.4) is 0 Å². The van der Waals surface area contributed by atoms with Crippen LogP contribution in [0, 0.1) is 0 Å². The monoisotopic (exact) mass is 201 g/mol. The number of aliphatic carboxylic acids is 1. The molecule has 4 N–H and O–H groups in total. The van der Waals surface area contributed by atoms with Crippen LogP contribution in [0.4, 0.5) is 0 Å². The van der Waals surface area contributed by atoms with Gasteiger partial charge in [0, 0.05) is 32.2 Å². The molecule has 1 aliphatic heterocycles. The van der Waals surface area contributed by atoms with Gasteiger partial charge in [-0.05, 0) is 13.3 Å². The van der Waals surface area contributed by atoms with Crippen LogP contribution in [0.2, 0.25) is 0 Å². The summed E-state index contributed by atoms with van der Waals surface area (Å²) < 4.78 is 0. The minimum absolute atomic E-state index is 0.477. The number of nitrogens with two attached hydrogens (primary N) is 1. The number of piperazine rings is 1. The smallest absolute Gasteiger partial charge is 0.320 e. The predicted octanol–water partition coefficient (Wildman–Crippen LogP) is -0.918. The van der Waals surface area contributed by atoms with Crippen molar-refractivity contribution >= 4 is 5.97 Å². The Morgan fingerprint density at radius 1 is 1.79 bits per heavy atom. The molecule has 0 aromatic carbocycles. The SMILES string of the molecule is CC1CNCCN1CCC(N)C(=O)O. The van der Waals surface area contributed by atoms with Crippen molar-refractivity contribution in [2.45, 2.75) is 25.4 Å². The highest BCUT2D eigenvalue weighted by Gasteiger charge is 2.19. The molecule has 5 heteroatoms. The Morgan fingerprint density at radius 3 is 3.07 bits per heavy atom. The quantitative estimate of drug-likeness (QED) is 0.548. The summed E-state index contributed by atoms with van der Waals surface area (Å²) in [5.41, 5.74) is 5.44. The Hall–Kier alpha value is -0.650. The number of hydrogen-bond donors (Lipinski definition) is 3. The van der Waals surface area contributed by atoms with Crippen LogP contribution in [-0.4, -0.2) is 54.2 Å². The lowest BCUT2D eigenvalue weighted by Gasteiger charge is -2.34. The first kappa shape index (κ1) is 11.4. The molecule has 0 aromatic heterocycles. The van der Waals surface area contributed by atoms with E-state index < -0.39 is 12.0 Å². The maximum Gasteiger partial charge on any atom is 0.320 e. The average Bonchev–Trinajstić information content (AvgIpc) is 2.16. The Labute approximate surface area is 84.3 Å². The van der Waals surface area contributed by atoms with Crippen LogP contribution < -0.4 is 11.1 Å². The zero-order valence-electron chi connectivity index (χ0n) is 8.57. The molecule has 5 nitrogen and oxygen atoms in total. The lowest BCUT2D eigenvalue weighted by atomic mass is 10.1. The van der Waals surface area contributed by atoms with Crippen molar-refractivity contribution in [3.63, 3.8) is 0 Å². The van der Waals surface area contributed by atoms with Crippen molar-refractivity contribution in [3.05, 3.63) is 0 Å². The average molecular weight is 201 g/mol. The van der Waals surface area contributed by atoms with Crippen LogP contribution in [0.25, 0.3) is 0 Å². The van der Waals surface area contributed by atoms with Gasteiger partial charge in [0.05, 0.1) is 0 Å². The predicted molar refractivity (Wildman–Crippen MR) is 54.1 cm³/mol. The molecule has 0 saturated carbocycles. The van der Waals surface area contributed by atoms with E-state index >= 15 is 0 Å². The number of carboxylic acid groups (broad SMARTS) is 1. The summed E-state index contributed by atoms with van der Waals surface area (Å²) in [7, 11) is 0. The van der Waals surface area contributed by atoms with E-state index in [1.807, 2.05) is 0 Å². The van der Waals surface area contributed by atoms with Gasteiger partial charge in [0.1, 0.15) is 6.04 Å². The summed E-state index contributed by atoms with van der Waals surface area (Å²) >= 11 is 0. The van der Waals surface area contributed by atoms with Gasteiger partial charge in [-0.3, -0.25) is 9.69 Å². The summed E-state index contributed by atoms with van der Waals surface area (Å²) in [4.78, 5) is 12.8. The number of carbonyl (C=O) groups is 1. The molecule has 2 unspecified atom stereocenters. The van der Waals surface area contributed by atoms with Crippen molar-refractivity contribution in [2.24, 2.45) is 5.73 Å². The van der Waals surface area contributed by atoms with Gasteiger partial charge in [0.25, 0.3) is 0 Å². The van der Waals surface area contributed by atoms with E-state index in [1.54, 1.807) is 0 Å². The number of carboxylic acids is 1. The van der Waals surface area contributed by atoms with Crippen molar-refractivity contribution in [3.8, 4) is 0 Å². The van der Waals surface area contributed by atoms with Crippen molar-refractivity contribution in [1.29, 1.82) is 0 Å². The van der Waals surface area contributed by atoms with E-state index in [-0.39, 0.29) is 0 Å². The zero-order valence-corrected chi connectivity index (χ0v) is 8.57. The summed E-state index contributed by atoms with van der Waals surface area (Å²) in [6.45, 7) is 5.84. The molecule has 0 spiro atoms. The second-order valence-electron chi connectivity index (χ2n) is 3.82. The zero-order chi connectivity index (χ0) is 10.6. The molecular formula is C9H19N3O2. The molecular weight excluding hydrogens is 182 g/mol. The summed E-state index contributed by atoms with van der Waals surface area (Å²) in [5.74, 6) is -0.909. The number of nitrogens with zero attached hydrogens (tertiary/aromatic N) is 1. The minimum Gasteiger partial charge on any atom is -0.480 e. The molecule has 0 radical (unpaired) electrons. The second-order valence-corrected chi connectivity index (χ2v) is 3.82. The fourth-order valence-electron chi connectivity index (χ4n) is 1.64. The standard InChI is InChI=1S/C9H19N3O2/c1-7-6-11-3-5-12(7)4-2-8(10)9(13)14/h7-8,11H,2-6,10H2,1H3,(H,13,14). The highest BCUT2D eigenvalue weighted by Crippen LogP contribution is 2.04. The first-order valence-electron chi connectivity index (χ1n) is 5.04. The van der Waals surface area contributed by atoms with Gasteiger partial charge in [-0.1, -0.05) is 0 Å². The normalized spacial score (nSPS) is 26.0. The molecule has 14 heavy (non-hydrogen) atoms. The van der Waals surface area contributed by atoms with E-state index in [1.165, 1.54) is 0 Å². The highest BCUT2D eigenvalue weighted by molar-refractivity contribution is 5.72. The molecule has 1 saturated heterocycles. The van der Waals surface area contributed by atoms with Crippen molar-refractivity contribution < 1.29 is 9.90 Å². The van der Waals surface area contributed by atoms with Gasteiger partial charge in [0.2, 0.25) is 0 Å². The summed E-state index contributed by atoms with van der Waals surface area (Å²) in [6.07, 6.45) is 0.527. The Morgan fingerprint density at radius 2 is 2.50 bits per heavy atom. The second kappa shape index (κ2) is 5.29. The van der Waals surface area contributed by atoms with Crippen LogP contribution in [0.5, 0.6) is 0 Å². The van der Waals surface area contributed by atoms with E-state index in [4.69, 9.17) is 10.8 Å². The van der Waals surface area contributed by atoms with E-state index in [0.717, 1.165) is 26.2 Å². The van der Waals surface area contributed by atoms with Crippen molar-refractivity contribution in [2.75, 3.05) is 26.2 Å². The Kier molecular flexibility index (Phi) is 4.31. The molecule has 0 aromatic rings. The third-order valence-electron chi connectivity index (χ3n) is 2.68. The van der Waals surface area contributed by atoms with Crippen molar-refractivity contribution in [1.82, 2.24) is 10.2 Å². The molecule has 82 valence electrons. The fourth-order valence-corrected chi connectivity index (χ4v) is 1.64. The molecule has 0 bridgehead atoms. The molecule has 1 heterocycles. The summed E-state index contributed by atoms with van der Waals surface area (Å²) in [6, 6.07) is -0.248. The minimum atomic E-state index is -0.909. The lowest BCUT2D eigenvalue weighted by Crippen LogP contribution is -2.51. The van der Waals surface area contributed by atoms with E-state index in [2.05, 4.69) is 17.1 Å². The van der Waals surface area contributed by atoms with Gasteiger partial charge in [-0.2, -0.15) is 0 Å². The maximum atomic E-state index is 10.5. The fraction of sp³-hybridized carbons (Fsp3) is 0.889. The number of hydrogen-bond acceptors (Lipinski definition) is 4. The Balaban J connectivity index is 2.25. The van der Waals surface area contributed by atoms with Gasteiger partial charge < -0.3 is 16.2 Å².